The van der Waals surface area contributed by atoms with Crippen molar-refractivity contribution in [1.29, 1.82) is 0 Å². The standard InChI is InChI=1S/C10H20N2OS/c1-4-8(6-9(11)14)12-10(13)5-7(2)3/h7-8H,4-6H2,1-3H3,(H2,11,14)(H,12,13). The van der Waals surface area contributed by atoms with E-state index >= 15 is 0 Å². The van der Waals surface area contributed by atoms with Gasteiger partial charge in [0.25, 0.3) is 0 Å². The Bertz CT molecular complexity index is 204. The van der Waals surface area contributed by atoms with Crippen LogP contribution in [0.2, 0.25) is 0 Å². The Kier molecular flexibility index (Phi) is 6.45. The number of rotatable bonds is 6. The second-order valence-corrected chi connectivity index (χ2v) is 4.47. The van der Waals surface area contributed by atoms with Crippen LogP contribution in [-0.2, 0) is 4.79 Å². The van der Waals surface area contributed by atoms with E-state index < -0.39 is 0 Å². The van der Waals surface area contributed by atoms with E-state index in [0.29, 0.717) is 23.7 Å². The summed E-state index contributed by atoms with van der Waals surface area (Å²) in [6.07, 6.45) is 2.02. The maximum atomic E-state index is 11.4. The van der Waals surface area contributed by atoms with Crippen molar-refractivity contribution in [2.45, 2.75) is 46.1 Å². The predicted octanol–water partition coefficient (Wildman–Crippen LogP) is 1.60. The number of nitrogens with two attached hydrogens (primary N) is 1. The van der Waals surface area contributed by atoms with Gasteiger partial charge in [0.1, 0.15) is 0 Å². The molecule has 0 saturated heterocycles. The molecule has 3 nitrogen and oxygen atoms in total. The Hall–Kier alpha value is -0.640. The highest BCUT2D eigenvalue weighted by Gasteiger charge is 2.12. The predicted molar refractivity (Wildman–Crippen MR) is 63.1 cm³/mol. The SMILES string of the molecule is CCC(CC(N)=S)NC(=O)CC(C)C. The summed E-state index contributed by atoms with van der Waals surface area (Å²) in [5.74, 6) is 0.473. The number of hydrogen-bond acceptors (Lipinski definition) is 2. The zero-order valence-electron chi connectivity index (χ0n) is 9.17. The van der Waals surface area contributed by atoms with Crippen molar-refractivity contribution in [3.8, 4) is 0 Å². The normalized spacial score (nSPS) is 12.6. The van der Waals surface area contributed by atoms with E-state index in [1.807, 2.05) is 20.8 Å². The third kappa shape index (κ3) is 6.83. The van der Waals surface area contributed by atoms with Gasteiger partial charge in [-0.05, 0) is 12.3 Å². The van der Waals surface area contributed by atoms with Crippen molar-refractivity contribution in [3.63, 3.8) is 0 Å². The van der Waals surface area contributed by atoms with Gasteiger partial charge >= 0.3 is 0 Å². The van der Waals surface area contributed by atoms with Crippen molar-refractivity contribution in [2.75, 3.05) is 0 Å². The average molecular weight is 216 g/mol. The van der Waals surface area contributed by atoms with E-state index in [4.69, 9.17) is 18.0 Å². The van der Waals surface area contributed by atoms with E-state index in [2.05, 4.69) is 5.32 Å². The van der Waals surface area contributed by atoms with E-state index in [9.17, 15) is 4.79 Å². The van der Waals surface area contributed by atoms with Crippen molar-refractivity contribution in [2.24, 2.45) is 11.7 Å². The molecule has 0 fully saturated rings. The number of thiocarbonyl (C=S) groups is 1. The van der Waals surface area contributed by atoms with Gasteiger partial charge in [-0.1, -0.05) is 33.0 Å². The molecule has 0 spiro atoms. The Labute approximate surface area is 91.4 Å². The first-order valence-corrected chi connectivity index (χ1v) is 5.44. The smallest absolute Gasteiger partial charge is 0.220 e. The van der Waals surface area contributed by atoms with Gasteiger partial charge in [-0.25, -0.2) is 0 Å². The van der Waals surface area contributed by atoms with Crippen LogP contribution in [0, 0.1) is 5.92 Å². The summed E-state index contributed by atoms with van der Waals surface area (Å²) in [6.45, 7) is 6.06. The Balaban J connectivity index is 3.92. The highest BCUT2D eigenvalue weighted by atomic mass is 32.1. The summed E-state index contributed by atoms with van der Waals surface area (Å²) in [4.78, 5) is 11.9. The molecule has 0 aromatic heterocycles. The fourth-order valence-corrected chi connectivity index (χ4v) is 1.40. The molecule has 3 N–H and O–H groups in total. The maximum Gasteiger partial charge on any atom is 0.220 e. The van der Waals surface area contributed by atoms with Gasteiger partial charge in [-0.3, -0.25) is 4.79 Å². The van der Waals surface area contributed by atoms with Crippen LogP contribution in [0.3, 0.4) is 0 Å². The molecule has 0 aliphatic rings. The van der Waals surface area contributed by atoms with Crippen LogP contribution in [0.4, 0.5) is 0 Å². The van der Waals surface area contributed by atoms with Gasteiger partial charge in [0, 0.05) is 18.9 Å². The van der Waals surface area contributed by atoms with Gasteiger partial charge < -0.3 is 11.1 Å². The lowest BCUT2D eigenvalue weighted by molar-refractivity contribution is -0.122. The van der Waals surface area contributed by atoms with E-state index in [-0.39, 0.29) is 11.9 Å². The molecule has 1 amide bonds. The molecular formula is C10H20N2OS. The number of carbonyl (C=O) groups is 1. The number of nitrogens with one attached hydrogen (secondary N) is 1. The first-order valence-electron chi connectivity index (χ1n) is 5.03. The van der Waals surface area contributed by atoms with Crippen molar-refractivity contribution < 1.29 is 4.79 Å². The van der Waals surface area contributed by atoms with Crippen LogP contribution in [0.15, 0.2) is 0 Å². The van der Waals surface area contributed by atoms with Gasteiger partial charge in [-0.15, -0.1) is 0 Å². The summed E-state index contributed by atoms with van der Waals surface area (Å²) in [5.41, 5.74) is 5.43. The number of hydrogen-bond donors (Lipinski definition) is 2. The minimum atomic E-state index is 0.0862. The second-order valence-electron chi connectivity index (χ2n) is 3.94. The minimum Gasteiger partial charge on any atom is -0.393 e. The third-order valence-electron chi connectivity index (χ3n) is 1.90. The Morgan fingerprint density at radius 3 is 2.36 bits per heavy atom. The first-order chi connectivity index (χ1) is 6.45. The van der Waals surface area contributed by atoms with E-state index in [1.54, 1.807) is 0 Å². The van der Waals surface area contributed by atoms with Crippen molar-refractivity contribution in [3.05, 3.63) is 0 Å². The molecule has 0 aromatic carbocycles. The molecule has 0 radical (unpaired) electrons. The minimum absolute atomic E-state index is 0.0862. The monoisotopic (exact) mass is 216 g/mol. The summed E-state index contributed by atoms with van der Waals surface area (Å²) in [6, 6.07) is 0.0961. The van der Waals surface area contributed by atoms with Gasteiger partial charge in [0.05, 0.1) is 4.99 Å². The van der Waals surface area contributed by atoms with Gasteiger partial charge in [-0.2, -0.15) is 0 Å². The van der Waals surface area contributed by atoms with E-state index in [1.165, 1.54) is 0 Å². The van der Waals surface area contributed by atoms with Gasteiger partial charge in [0.15, 0.2) is 0 Å². The van der Waals surface area contributed by atoms with Crippen LogP contribution < -0.4 is 11.1 Å². The van der Waals surface area contributed by atoms with Crippen LogP contribution in [0.1, 0.15) is 40.0 Å². The molecule has 0 aliphatic heterocycles. The van der Waals surface area contributed by atoms with Crippen LogP contribution in [0.25, 0.3) is 0 Å². The Morgan fingerprint density at radius 2 is 2.00 bits per heavy atom. The topological polar surface area (TPSA) is 55.1 Å². The molecule has 0 aliphatic carbocycles. The summed E-state index contributed by atoms with van der Waals surface area (Å²) < 4.78 is 0. The molecule has 1 unspecified atom stereocenters. The van der Waals surface area contributed by atoms with Crippen molar-refractivity contribution in [1.82, 2.24) is 5.32 Å². The van der Waals surface area contributed by atoms with E-state index in [0.717, 1.165) is 6.42 Å². The highest BCUT2D eigenvalue weighted by molar-refractivity contribution is 7.80. The van der Waals surface area contributed by atoms with Crippen LogP contribution >= 0.6 is 12.2 Å². The van der Waals surface area contributed by atoms with Crippen molar-refractivity contribution >= 4 is 23.1 Å². The summed E-state index contributed by atoms with van der Waals surface area (Å²) in [7, 11) is 0. The molecule has 0 aromatic rings. The molecule has 14 heavy (non-hydrogen) atoms. The fraction of sp³-hybridized carbons (Fsp3) is 0.800. The molecule has 0 rings (SSSR count). The highest BCUT2D eigenvalue weighted by Crippen LogP contribution is 2.02. The molecule has 82 valence electrons. The molecule has 0 saturated carbocycles. The average Bonchev–Trinajstić information content (AvgIpc) is 2.00. The van der Waals surface area contributed by atoms with Crippen LogP contribution in [0.5, 0.6) is 0 Å². The van der Waals surface area contributed by atoms with Crippen LogP contribution in [-0.4, -0.2) is 16.9 Å². The lowest BCUT2D eigenvalue weighted by Crippen LogP contribution is -2.37. The zero-order valence-corrected chi connectivity index (χ0v) is 9.99. The molecular weight excluding hydrogens is 196 g/mol. The quantitative estimate of drug-likeness (QED) is 0.663. The van der Waals surface area contributed by atoms with Gasteiger partial charge in [0.2, 0.25) is 5.91 Å². The second kappa shape index (κ2) is 6.76. The summed E-state index contributed by atoms with van der Waals surface area (Å²) in [5, 5.41) is 2.92. The lowest BCUT2D eigenvalue weighted by Gasteiger charge is -2.16. The first kappa shape index (κ1) is 13.4. The Morgan fingerprint density at radius 1 is 1.43 bits per heavy atom. The largest absolute Gasteiger partial charge is 0.393 e. The molecule has 0 heterocycles. The molecule has 1 atom stereocenters. The third-order valence-corrected chi connectivity index (χ3v) is 2.07. The fourth-order valence-electron chi connectivity index (χ4n) is 1.20. The molecule has 4 heteroatoms. The zero-order chi connectivity index (χ0) is 11.1. The maximum absolute atomic E-state index is 11.4. The number of amides is 1. The summed E-state index contributed by atoms with van der Waals surface area (Å²) >= 11 is 4.81. The molecule has 0 bridgehead atoms. The number of carbonyl (C=O) groups excluding carboxylic acids is 1. The lowest BCUT2D eigenvalue weighted by atomic mass is 10.1.